The molecule has 1 heterocycles. The third-order valence-corrected chi connectivity index (χ3v) is 4.87. The molecule has 0 radical (unpaired) electrons. The Morgan fingerprint density at radius 1 is 1.11 bits per heavy atom. The van der Waals surface area contributed by atoms with Crippen molar-refractivity contribution in [3.8, 4) is 0 Å². The van der Waals surface area contributed by atoms with Gasteiger partial charge in [-0.1, -0.05) is 57.7 Å². The molecular weight excluding hydrogens is 434 g/mol. The first-order valence-corrected chi connectivity index (χ1v) is 9.17. The van der Waals surface area contributed by atoms with Crippen molar-refractivity contribution in [2.45, 2.75) is 6.92 Å². The highest BCUT2D eigenvalue weighted by Gasteiger charge is 2.24. The summed E-state index contributed by atoms with van der Waals surface area (Å²) in [5.74, 6) is -0.695. The molecule has 0 bridgehead atoms. The summed E-state index contributed by atoms with van der Waals surface area (Å²) in [6.45, 7) is 1.82. The van der Waals surface area contributed by atoms with Crippen LogP contribution in [0.25, 0.3) is 22.4 Å². The van der Waals surface area contributed by atoms with Crippen LogP contribution in [0.5, 0.6) is 0 Å². The van der Waals surface area contributed by atoms with Gasteiger partial charge in [0.1, 0.15) is 11.0 Å². The van der Waals surface area contributed by atoms with Gasteiger partial charge < -0.3 is 10.5 Å². The highest BCUT2D eigenvalue weighted by molar-refractivity contribution is 6.42. The fourth-order valence-electron chi connectivity index (χ4n) is 2.44. The van der Waals surface area contributed by atoms with E-state index < -0.39 is 5.97 Å². The zero-order valence-corrected chi connectivity index (χ0v) is 16.9. The molecule has 0 atom stereocenters. The van der Waals surface area contributed by atoms with Crippen molar-refractivity contribution in [2.24, 2.45) is 5.73 Å². The highest BCUT2D eigenvalue weighted by Crippen LogP contribution is 2.31. The minimum atomic E-state index is -0.695. The molecule has 3 rings (SSSR count). The van der Waals surface area contributed by atoms with E-state index in [2.05, 4.69) is 10.3 Å². The van der Waals surface area contributed by atoms with E-state index in [9.17, 15) is 4.79 Å². The normalized spacial score (nSPS) is 12.2. The molecule has 0 amide bonds. The predicted octanol–water partition coefficient (Wildman–Crippen LogP) is 4.89. The summed E-state index contributed by atoms with van der Waals surface area (Å²) >= 11 is 24.3. The molecule has 10 heteroatoms. The average molecular weight is 446 g/mol. The van der Waals surface area contributed by atoms with Crippen molar-refractivity contribution >= 4 is 74.8 Å². The number of rotatable bonds is 4. The standard InChI is InChI=1S/C17H12Cl4N4O2/c1-2-27-17(26)16(14(22)8-3-4-10(19)11(20)5-8)25-15-12(21)6-9(18)7-13(15)23-24-25/h3-7H,2,22H2,1H3/b16-14+. The molecule has 2 N–H and O–H groups in total. The fourth-order valence-corrected chi connectivity index (χ4v) is 3.30. The van der Waals surface area contributed by atoms with Crippen molar-refractivity contribution in [3.63, 3.8) is 0 Å². The SMILES string of the molecule is CCOC(=O)/C(=C(\N)c1ccc(Cl)c(Cl)c1)n1nnc2cc(Cl)cc(Cl)c21. The average Bonchev–Trinajstić information content (AvgIpc) is 3.01. The van der Waals surface area contributed by atoms with Gasteiger partial charge in [-0.3, -0.25) is 0 Å². The van der Waals surface area contributed by atoms with E-state index >= 15 is 0 Å². The molecule has 3 aromatic rings. The highest BCUT2D eigenvalue weighted by atomic mass is 35.5. The van der Waals surface area contributed by atoms with Gasteiger partial charge in [-0.15, -0.1) is 5.10 Å². The zero-order valence-electron chi connectivity index (χ0n) is 13.8. The Balaban J connectivity index is 2.29. The van der Waals surface area contributed by atoms with Crippen LogP contribution < -0.4 is 5.73 Å². The van der Waals surface area contributed by atoms with Gasteiger partial charge in [0.05, 0.1) is 27.4 Å². The zero-order chi connectivity index (χ0) is 19.7. The number of esters is 1. The van der Waals surface area contributed by atoms with Gasteiger partial charge in [-0.05, 0) is 31.2 Å². The van der Waals surface area contributed by atoms with Gasteiger partial charge in [0.25, 0.3) is 0 Å². The maximum Gasteiger partial charge on any atom is 0.359 e. The van der Waals surface area contributed by atoms with Gasteiger partial charge in [-0.2, -0.15) is 0 Å². The van der Waals surface area contributed by atoms with Crippen LogP contribution in [0.4, 0.5) is 0 Å². The molecule has 0 aliphatic rings. The number of halogens is 4. The topological polar surface area (TPSA) is 83.0 Å². The maximum absolute atomic E-state index is 12.7. The number of benzene rings is 2. The van der Waals surface area contributed by atoms with Crippen LogP contribution in [0.15, 0.2) is 30.3 Å². The summed E-state index contributed by atoms with van der Waals surface area (Å²) in [6, 6.07) is 7.82. The number of ether oxygens (including phenoxy) is 1. The van der Waals surface area contributed by atoms with Crippen LogP contribution in [0, 0.1) is 0 Å². The molecule has 0 spiro atoms. The summed E-state index contributed by atoms with van der Waals surface area (Å²) in [5.41, 5.74) is 7.52. The Labute approximate surface area is 174 Å². The molecule has 0 saturated heterocycles. The summed E-state index contributed by atoms with van der Waals surface area (Å²) in [6.07, 6.45) is 0. The number of aromatic nitrogens is 3. The number of hydrogen-bond acceptors (Lipinski definition) is 5. The lowest BCUT2D eigenvalue weighted by Crippen LogP contribution is -2.18. The molecule has 0 aliphatic carbocycles. The molecule has 140 valence electrons. The minimum absolute atomic E-state index is 0.0537. The molecular formula is C17H12Cl4N4O2. The van der Waals surface area contributed by atoms with Crippen LogP contribution in [0.2, 0.25) is 20.1 Å². The van der Waals surface area contributed by atoms with E-state index in [0.29, 0.717) is 26.6 Å². The Morgan fingerprint density at radius 3 is 2.52 bits per heavy atom. The van der Waals surface area contributed by atoms with Gasteiger partial charge in [0.2, 0.25) is 0 Å². The smallest absolute Gasteiger partial charge is 0.359 e. The molecule has 27 heavy (non-hydrogen) atoms. The molecule has 1 aromatic heterocycles. The van der Waals surface area contributed by atoms with Crippen LogP contribution in [0.1, 0.15) is 12.5 Å². The predicted molar refractivity (Wildman–Crippen MR) is 108 cm³/mol. The van der Waals surface area contributed by atoms with E-state index in [4.69, 9.17) is 56.9 Å². The number of carbonyl (C=O) groups is 1. The van der Waals surface area contributed by atoms with Crippen molar-refractivity contribution in [3.05, 3.63) is 56.0 Å². The first-order valence-electron chi connectivity index (χ1n) is 7.66. The molecule has 6 nitrogen and oxygen atoms in total. The van der Waals surface area contributed by atoms with Gasteiger partial charge in [-0.25, -0.2) is 9.48 Å². The van der Waals surface area contributed by atoms with Crippen molar-refractivity contribution in [1.82, 2.24) is 15.0 Å². The number of nitrogens with zero attached hydrogens (tertiary/aromatic N) is 3. The minimum Gasteiger partial charge on any atom is -0.461 e. The first kappa shape index (κ1) is 19.8. The molecule has 2 aromatic carbocycles. The molecule has 0 fully saturated rings. The van der Waals surface area contributed by atoms with E-state index in [-0.39, 0.29) is 28.0 Å². The molecule has 0 unspecified atom stereocenters. The largest absolute Gasteiger partial charge is 0.461 e. The third-order valence-electron chi connectivity index (χ3n) is 3.63. The van der Waals surface area contributed by atoms with Crippen LogP contribution in [-0.4, -0.2) is 27.6 Å². The van der Waals surface area contributed by atoms with E-state index in [1.807, 2.05) is 0 Å². The number of carbonyl (C=O) groups excluding carboxylic acids is 1. The van der Waals surface area contributed by atoms with E-state index in [1.165, 1.54) is 16.8 Å². The summed E-state index contributed by atoms with van der Waals surface area (Å²) in [4.78, 5) is 12.7. The maximum atomic E-state index is 12.7. The Bertz CT molecular complexity index is 1080. The number of hydrogen-bond donors (Lipinski definition) is 1. The second-order valence-electron chi connectivity index (χ2n) is 5.37. The summed E-state index contributed by atoms with van der Waals surface area (Å²) in [5, 5.41) is 9.31. The Morgan fingerprint density at radius 2 is 1.85 bits per heavy atom. The number of fused-ring (bicyclic) bond motifs is 1. The van der Waals surface area contributed by atoms with E-state index in [1.54, 1.807) is 25.1 Å². The first-order chi connectivity index (χ1) is 12.8. The monoisotopic (exact) mass is 444 g/mol. The lowest BCUT2D eigenvalue weighted by molar-refractivity contribution is -0.136. The summed E-state index contributed by atoms with van der Waals surface area (Å²) in [7, 11) is 0. The van der Waals surface area contributed by atoms with Gasteiger partial charge >= 0.3 is 5.97 Å². The number of nitrogens with two attached hydrogens (primary N) is 1. The van der Waals surface area contributed by atoms with Crippen molar-refractivity contribution in [2.75, 3.05) is 6.61 Å². The lowest BCUT2D eigenvalue weighted by atomic mass is 10.1. The van der Waals surface area contributed by atoms with Gasteiger partial charge in [0, 0.05) is 10.6 Å². The quantitative estimate of drug-likeness (QED) is 0.456. The second kappa shape index (κ2) is 7.94. The van der Waals surface area contributed by atoms with Crippen molar-refractivity contribution in [1.29, 1.82) is 0 Å². The Hall–Kier alpha value is -1.99. The molecule has 0 aliphatic heterocycles. The van der Waals surface area contributed by atoms with Crippen molar-refractivity contribution < 1.29 is 9.53 Å². The summed E-state index contributed by atoms with van der Waals surface area (Å²) < 4.78 is 6.37. The molecule has 0 saturated carbocycles. The van der Waals surface area contributed by atoms with E-state index in [0.717, 1.165) is 0 Å². The van der Waals surface area contributed by atoms with Crippen LogP contribution in [-0.2, 0) is 9.53 Å². The van der Waals surface area contributed by atoms with Gasteiger partial charge in [0.15, 0.2) is 5.70 Å². The third kappa shape index (κ3) is 3.84. The van der Waals surface area contributed by atoms with Crippen LogP contribution >= 0.6 is 46.4 Å². The Kier molecular flexibility index (Phi) is 5.81. The second-order valence-corrected chi connectivity index (χ2v) is 7.03. The lowest BCUT2D eigenvalue weighted by Gasteiger charge is -2.13. The van der Waals surface area contributed by atoms with Crippen LogP contribution in [0.3, 0.4) is 0 Å². The fraction of sp³-hybridized carbons (Fsp3) is 0.118.